The van der Waals surface area contributed by atoms with Crippen molar-refractivity contribution in [2.45, 2.75) is 39.2 Å². The Hall–Kier alpha value is -2.14. The monoisotopic (exact) mass is 327 g/mol. The van der Waals surface area contributed by atoms with Gasteiger partial charge in [0, 0.05) is 25.8 Å². The smallest absolute Gasteiger partial charge is 0.255 e. The summed E-state index contributed by atoms with van der Waals surface area (Å²) >= 11 is 0. The molecule has 2 aromatic rings. The summed E-state index contributed by atoms with van der Waals surface area (Å²) < 4.78 is 7.17. The fourth-order valence-corrected chi connectivity index (χ4v) is 3.33. The van der Waals surface area contributed by atoms with Gasteiger partial charge < -0.3 is 10.1 Å². The van der Waals surface area contributed by atoms with Crippen molar-refractivity contribution in [3.05, 3.63) is 52.3 Å². The zero-order valence-corrected chi connectivity index (χ0v) is 14.8. The number of benzene rings is 1. The van der Waals surface area contributed by atoms with Gasteiger partial charge in [0.15, 0.2) is 0 Å². The number of nitrogens with one attached hydrogen (secondary N) is 1. The second-order valence-corrected chi connectivity index (χ2v) is 6.65. The van der Waals surface area contributed by atoms with E-state index < -0.39 is 0 Å². The molecule has 5 heteroatoms. The number of hydrogen-bond donors (Lipinski definition) is 1. The first-order chi connectivity index (χ1) is 11.5. The minimum Gasteiger partial charge on any atom is -0.381 e. The van der Waals surface area contributed by atoms with Gasteiger partial charge in [-0.1, -0.05) is 18.2 Å². The molecule has 2 atom stereocenters. The molecule has 1 aromatic carbocycles. The Labute approximate surface area is 143 Å². The van der Waals surface area contributed by atoms with Crippen molar-refractivity contribution >= 4 is 5.91 Å². The molecule has 3 rings (SSSR count). The molecular formula is C19H25N3O2. The van der Waals surface area contributed by atoms with Crippen molar-refractivity contribution in [2.24, 2.45) is 7.05 Å². The fraction of sp³-hybridized carbons (Fsp3) is 0.474. The minimum absolute atomic E-state index is 0.0507. The van der Waals surface area contributed by atoms with Gasteiger partial charge >= 0.3 is 0 Å². The van der Waals surface area contributed by atoms with E-state index >= 15 is 0 Å². The lowest BCUT2D eigenvalue weighted by Crippen LogP contribution is -2.28. The first-order valence-electron chi connectivity index (χ1n) is 8.45. The number of hydrogen-bond acceptors (Lipinski definition) is 3. The maximum Gasteiger partial charge on any atom is 0.255 e. The number of carbonyl (C=O) groups excluding carboxylic acids is 1. The lowest BCUT2D eigenvalue weighted by Gasteiger charge is -2.18. The number of carbonyl (C=O) groups is 1. The fourth-order valence-electron chi connectivity index (χ4n) is 3.33. The summed E-state index contributed by atoms with van der Waals surface area (Å²) in [7, 11) is 1.85. The van der Waals surface area contributed by atoms with Gasteiger partial charge in [0.25, 0.3) is 5.91 Å². The Morgan fingerprint density at radius 3 is 2.92 bits per heavy atom. The highest BCUT2D eigenvalue weighted by Crippen LogP contribution is 2.27. The van der Waals surface area contributed by atoms with Crippen molar-refractivity contribution < 1.29 is 9.53 Å². The van der Waals surface area contributed by atoms with Crippen LogP contribution in [-0.4, -0.2) is 28.9 Å². The van der Waals surface area contributed by atoms with E-state index in [2.05, 4.69) is 36.4 Å². The molecule has 0 radical (unpaired) electrons. The van der Waals surface area contributed by atoms with Crippen molar-refractivity contribution in [1.82, 2.24) is 15.1 Å². The molecule has 0 bridgehead atoms. The van der Waals surface area contributed by atoms with Gasteiger partial charge in [-0.15, -0.1) is 0 Å². The van der Waals surface area contributed by atoms with Crippen LogP contribution < -0.4 is 5.32 Å². The SMILES string of the molecule is Cc1cccc([C@H](C)NC(=O)c2cn(C)nc2[C@@H]2CCOC2)c1C. The van der Waals surface area contributed by atoms with Crippen LogP contribution in [0.3, 0.4) is 0 Å². The largest absolute Gasteiger partial charge is 0.381 e. The Morgan fingerprint density at radius 1 is 1.42 bits per heavy atom. The summed E-state index contributed by atoms with van der Waals surface area (Å²) in [6.07, 6.45) is 2.72. The first kappa shape index (κ1) is 16.7. The number of ether oxygens (including phenoxy) is 1. The molecule has 5 nitrogen and oxygen atoms in total. The van der Waals surface area contributed by atoms with Gasteiger partial charge in [0.1, 0.15) is 0 Å². The molecule has 1 aromatic heterocycles. The molecule has 0 unspecified atom stereocenters. The third kappa shape index (κ3) is 3.22. The molecule has 1 amide bonds. The Kier molecular flexibility index (Phi) is 4.71. The van der Waals surface area contributed by atoms with Crippen LogP contribution in [-0.2, 0) is 11.8 Å². The lowest BCUT2D eigenvalue weighted by atomic mass is 9.97. The molecule has 1 aliphatic rings. The molecular weight excluding hydrogens is 302 g/mol. The number of aryl methyl sites for hydroxylation is 2. The van der Waals surface area contributed by atoms with E-state index in [0.717, 1.165) is 24.3 Å². The van der Waals surface area contributed by atoms with E-state index in [1.165, 1.54) is 11.1 Å². The van der Waals surface area contributed by atoms with E-state index in [1.807, 2.05) is 20.0 Å². The van der Waals surface area contributed by atoms with Crippen LogP contribution in [0.5, 0.6) is 0 Å². The Morgan fingerprint density at radius 2 is 2.21 bits per heavy atom. The normalized spacial score (nSPS) is 18.6. The van der Waals surface area contributed by atoms with Gasteiger partial charge in [-0.2, -0.15) is 5.10 Å². The van der Waals surface area contributed by atoms with E-state index in [4.69, 9.17) is 4.74 Å². The molecule has 0 saturated carbocycles. The molecule has 1 N–H and O–H groups in total. The van der Waals surface area contributed by atoms with Gasteiger partial charge in [0.05, 0.1) is 23.9 Å². The van der Waals surface area contributed by atoms with Crippen molar-refractivity contribution in [3.63, 3.8) is 0 Å². The van der Waals surface area contributed by atoms with Crippen molar-refractivity contribution in [3.8, 4) is 0 Å². The van der Waals surface area contributed by atoms with Crippen LogP contribution in [0.25, 0.3) is 0 Å². The average Bonchev–Trinajstić information content (AvgIpc) is 3.18. The highest BCUT2D eigenvalue weighted by atomic mass is 16.5. The molecule has 0 aliphatic carbocycles. The Bertz CT molecular complexity index is 745. The van der Waals surface area contributed by atoms with E-state index in [0.29, 0.717) is 12.2 Å². The predicted octanol–water partition coefficient (Wildman–Crippen LogP) is 3.03. The number of aromatic nitrogens is 2. The van der Waals surface area contributed by atoms with Gasteiger partial charge in [-0.05, 0) is 43.9 Å². The third-order valence-corrected chi connectivity index (χ3v) is 4.88. The predicted molar refractivity (Wildman–Crippen MR) is 93.2 cm³/mol. The highest BCUT2D eigenvalue weighted by molar-refractivity contribution is 5.95. The van der Waals surface area contributed by atoms with E-state index in [9.17, 15) is 4.79 Å². The second-order valence-electron chi connectivity index (χ2n) is 6.65. The van der Waals surface area contributed by atoms with Gasteiger partial charge in [-0.25, -0.2) is 0 Å². The van der Waals surface area contributed by atoms with Crippen molar-refractivity contribution in [1.29, 1.82) is 0 Å². The van der Waals surface area contributed by atoms with Crippen LogP contribution in [0.2, 0.25) is 0 Å². The van der Waals surface area contributed by atoms with Crippen LogP contribution in [0.15, 0.2) is 24.4 Å². The third-order valence-electron chi connectivity index (χ3n) is 4.88. The minimum atomic E-state index is -0.0709. The second kappa shape index (κ2) is 6.77. The first-order valence-corrected chi connectivity index (χ1v) is 8.45. The number of amides is 1. The van der Waals surface area contributed by atoms with Crippen LogP contribution in [0.4, 0.5) is 0 Å². The molecule has 1 fully saturated rings. The summed E-state index contributed by atoms with van der Waals surface area (Å²) in [6.45, 7) is 7.59. The average molecular weight is 327 g/mol. The molecule has 2 heterocycles. The maximum absolute atomic E-state index is 12.8. The van der Waals surface area contributed by atoms with Crippen LogP contribution in [0, 0.1) is 13.8 Å². The Balaban J connectivity index is 1.81. The molecule has 1 aliphatic heterocycles. The number of nitrogens with zero attached hydrogens (tertiary/aromatic N) is 2. The van der Waals surface area contributed by atoms with Gasteiger partial charge in [0.2, 0.25) is 0 Å². The molecule has 128 valence electrons. The summed E-state index contributed by atoms with van der Waals surface area (Å²) in [4.78, 5) is 12.8. The highest BCUT2D eigenvalue weighted by Gasteiger charge is 2.27. The molecule has 0 spiro atoms. The van der Waals surface area contributed by atoms with Crippen molar-refractivity contribution in [2.75, 3.05) is 13.2 Å². The summed E-state index contributed by atoms with van der Waals surface area (Å²) in [5, 5.41) is 7.63. The summed E-state index contributed by atoms with van der Waals surface area (Å²) in [5.41, 5.74) is 5.11. The zero-order valence-electron chi connectivity index (χ0n) is 14.8. The quantitative estimate of drug-likeness (QED) is 0.939. The summed E-state index contributed by atoms with van der Waals surface area (Å²) in [5.74, 6) is 0.140. The lowest BCUT2D eigenvalue weighted by molar-refractivity contribution is 0.0938. The maximum atomic E-state index is 12.8. The van der Waals surface area contributed by atoms with E-state index in [-0.39, 0.29) is 17.9 Å². The number of rotatable bonds is 4. The topological polar surface area (TPSA) is 56.2 Å². The molecule has 1 saturated heterocycles. The standard InChI is InChI=1S/C19H25N3O2/c1-12-6-5-7-16(13(12)2)14(3)20-19(23)17-10-22(4)21-18(17)15-8-9-24-11-15/h5-7,10,14-15H,8-9,11H2,1-4H3,(H,20,23)/t14-,15+/m0/s1. The van der Waals surface area contributed by atoms with E-state index in [1.54, 1.807) is 10.9 Å². The summed E-state index contributed by atoms with van der Waals surface area (Å²) in [6, 6.07) is 6.14. The van der Waals surface area contributed by atoms with Crippen LogP contribution >= 0.6 is 0 Å². The van der Waals surface area contributed by atoms with Gasteiger partial charge in [-0.3, -0.25) is 9.48 Å². The molecule has 24 heavy (non-hydrogen) atoms. The van der Waals surface area contributed by atoms with Crippen LogP contribution in [0.1, 0.15) is 58.0 Å². The zero-order chi connectivity index (χ0) is 17.3.